The fourth-order valence-corrected chi connectivity index (χ4v) is 1.18. The number of amides is 1. The van der Waals surface area contributed by atoms with Crippen molar-refractivity contribution in [3.05, 3.63) is 0 Å². The molecule has 0 unspecified atom stereocenters. The molecule has 3 nitrogen and oxygen atoms in total. The molecule has 1 amide bonds. The van der Waals surface area contributed by atoms with Crippen molar-refractivity contribution in [1.29, 1.82) is 0 Å². The van der Waals surface area contributed by atoms with Gasteiger partial charge in [-0.3, -0.25) is 4.79 Å². The number of carbonyl (C=O) groups excluding carboxylic acids is 1. The van der Waals surface area contributed by atoms with Gasteiger partial charge in [-0.15, -0.1) is 0 Å². The van der Waals surface area contributed by atoms with Crippen LogP contribution in [0.4, 0.5) is 0 Å². The first-order valence-electron chi connectivity index (χ1n) is 4.52. The monoisotopic (exact) mass is 170 g/mol. The van der Waals surface area contributed by atoms with Crippen molar-refractivity contribution in [2.24, 2.45) is 5.41 Å². The summed E-state index contributed by atoms with van der Waals surface area (Å²) < 4.78 is 0. The molecule has 1 atom stereocenters. The first-order valence-corrected chi connectivity index (χ1v) is 4.52. The smallest absolute Gasteiger partial charge is 0.225 e. The Morgan fingerprint density at radius 1 is 1.50 bits per heavy atom. The van der Waals surface area contributed by atoms with Gasteiger partial charge in [-0.1, -0.05) is 20.8 Å². The molecule has 0 aromatic rings. The maximum Gasteiger partial charge on any atom is 0.225 e. The Morgan fingerprint density at radius 2 is 2.17 bits per heavy atom. The highest BCUT2D eigenvalue weighted by atomic mass is 16.2. The first kappa shape index (κ1) is 9.52. The Labute approximate surface area is 73.9 Å². The van der Waals surface area contributed by atoms with Gasteiger partial charge < -0.3 is 10.6 Å². The summed E-state index contributed by atoms with van der Waals surface area (Å²) in [5.41, 5.74) is -0.261. The van der Waals surface area contributed by atoms with Crippen molar-refractivity contribution < 1.29 is 4.79 Å². The number of rotatable bonds is 1. The second-order valence-electron chi connectivity index (χ2n) is 4.41. The molecule has 1 aliphatic rings. The van der Waals surface area contributed by atoms with Gasteiger partial charge in [0, 0.05) is 18.0 Å². The second-order valence-corrected chi connectivity index (χ2v) is 4.41. The third-order valence-electron chi connectivity index (χ3n) is 2.08. The zero-order chi connectivity index (χ0) is 9.19. The Morgan fingerprint density at radius 3 is 2.58 bits per heavy atom. The maximum absolute atomic E-state index is 11.5. The molecule has 0 radical (unpaired) electrons. The average Bonchev–Trinajstić information content (AvgIpc) is 2.37. The van der Waals surface area contributed by atoms with Crippen LogP contribution in [0.1, 0.15) is 27.2 Å². The SMILES string of the molecule is CC(C)(C)C(=O)N[C@H]1CCNC1. The third-order valence-corrected chi connectivity index (χ3v) is 2.08. The molecule has 0 spiro atoms. The molecule has 3 heteroatoms. The van der Waals surface area contributed by atoms with Crippen LogP contribution in [0.2, 0.25) is 0 Å². The molecular weight excluding hydrogens is 152 g/mol. The van der Waals surface area contributed by atoms with E-state index in [4.69, 9.17) is 0 Å². The summed E-state index contributed by atoms with van der Waals surface area (Å²) >= 11 is 0. The molecule has 1 fully saturated rings. The largest absolute Gasteiger partial charge is 0.352 e. The van der Waals surface area contributed by atoms with Crippen molar-refractivity contribution in [2.45, 2.75) is 33.2 Å². The van der Waals surface area contributed by atoms with Gasteiger partial charge in [0.05, 0.1) is 0 Å². The summed E-state index contributed by atoms with van der Waals surface area (Å²) in [5.74, 6) is 0.149. The van der Waals surface area contributed by atoms with Crippen molar-refractivity contribution >= 4 is 5.91 Å². The van der Waals surface area contributed by atoms with Gasteiger partial charge in [-0.2, -0.15) is 0 Å². The fourth-order valence-electron chi connectivity index (χ4n) is 1.18. The lowest BCUT2D eigenvalue weighted by molar-refractivity contribution is -0.129. The zero-order valence-electron chi connectivity index (χ0n) is 8.11. The minimum atomic E-state index is -0.261. The topological polar surface area (TPSA) is 41.1 Å². The summed E-state index contributed by atoms with van der Waals surface area (Å²) in [6.45, 7) is 7.75. The van der Waals surface area contributed by atoms with Gasteiger partial charge >= 0.3 is 0 Å². The third kappa shape index (κ3) is 2.48. The number of hydrogen-bond acceptors (Lipinski definition) is 2. The van der Waals surface area contributed by atoms with Crippen LogP contribution in [0.25, 0.3) is 0 Å². The molecule has 1 rings (SSSR count). The van der Waals surface area contributed by atoms with Crippen LogP contribution >= 0.6 is 0 Å². The molecule has 70 valence electrons. The van der Waals surface area contributed by atoms with E-state index in [-0.39, 0.29) is 11.3 Å². The lowest BCUT2D eigenvalue weighted by Crippen LogP contribution is -2.42. The van der Waals surface area contributed by atoms with Gasteiger partial charge in [-0.25, -0.2) is 0 Å². The highest BCUT2D eigenvalue weighted by molar-refractivity contribution is 5.81. The van der Waals surface area contributed by atoms with Crippen LogP contribution in [-0.4, -0.2) is 25.0 Å². The van der Waals surface area contributed by atoms with E-state index in [1.54, 1.807) is 0 Å². The summed E-state index contributed by atoms with van der Waals surface area (Å²) in [6, 6.07) is 0.344. The van der Waals surface area contributed by atoms with Gasteiger partial charge in [-0.05, 0) is 13.0 Å². The molecule has 2 N–H and O–H groups in total. The molecule has 0 aromatic carbocycles. The molecule has 1 aliphatic heterocycles. The maximum atomic E-state index is 11.5. The van der Waals surface area contributed by atoms with Gasteiger partial charge in [0.25, 0.3) is 0 Å². The van der Waals surface area contributed by atoms with Crippen LogP contribution in [0.3, 0.4) is 0 Å². The molecule has 0 saturated carbocycles. The summed E-state index contributed by atoms with van der Waals surface area (Å²) in [4.78, 5) is 11.5. The summed E-state index contributed by atoms with van der Waals surface area (Å²) in [5, 5.41) is 6.23. The Hall–Kier alpha value is -0.570. The Kier molecular flexibility index (Phi) is 2.73. The zero-order valence-corrected chi connectivity index (χ0v) is 8.11. The van der Waals surface area contributed by atoms with Crippen molar-refractivity contribution in [3.63, 3.8) is 0 Å². The van der Waals surface area contributed by atoms with Crippen LogP contribution in [0.15, 0.2) is 0 Å². The normalized spacial score (nSPS) is 24.1. The van der Waals surface area contributed by atoms with E-state index in [9.17, 15) is 4.79 Å². The van der Waals surface area contributed by atoms with Crippen LogP contribution in [-0.2, 0) is 4.79 Å². The van der Waals surface area contributed by atoms with Gasteiger partial charge in [0.1, 0.15) is 0 Å². The molecule has 12 heavy (non-hydrogen) atoms. The van der Waals surface area contributed by atoms with Crippen molar-refractivity contribution in [1.82, 2.24) is 10.6 Å². The lowest BCUT2D eigenvalue weighted by atomic mass is 9.95. The minimum Gasteiger partial charge on any atom is -0.352 e. The average molecular weight is 170 g/mol. The van der Waals surface area contributed by atoms with Gasteiger partial charge in [0.15, 0.2) is 0 Å². The molecule has 0 bridgehead atoms. The number of carbonyl (C=O) groups is 1. The highest BCUT2D eigenvalue weighted by Crippen LogP contribution is 2.13. The predicted molar refractivity (Wildman–Crippen MR) is 48.9 cm³/mol. The summed E-state index contributed by atoms with van der Waals surface area (Å²) in [7, 11) is 0. The molecule has 0 aromatic heterocycles. The van der Waals surface area contributed by atoms with E-state index < -0.39 is 0 Å². The first-order chi connectivity index (χ1) is 5.50. The van der Waals surface area contributed by atoms with Crippen LogP contribution in [0, 0.1) is 5.41 Å². The molecule has 1 heterocycles. The fraction of sp³-hybridized carbons (Fsp3) is 0.889. The van der Waals surface area contributed by atoms with E-state index in [0.29, 0.717) is 6.04 Å². The molecular formula is C9H18N2O. The van der Waals surface area contributed by atoms with E-state index in [0.717, 1.165) is 19.5 Å². The van der Waals surface area contributed by atoms with Gasteiger partial charge in [0.2, 0.25) is 5.91 Å². The minimum absolute atomic E-state index is 0.149. The van der Waals surface area contributed by atoms with E-state index in [2.05, 4.69) is 10.6 Å². The summed E-state index contributed by atoms with van der Waals surface area (Å²) in [6.07, 6.45) is 1.06. The van der Waals surface area contributed by atoms with E-state index >= 15 is 0 Å². The Bertz CT molecular complexity index is 166. The van der Waals surface area contributed by atoms with Crippen molar-refractivity contribution in [3.8, 4) is 0 Å². The van der Waals surface area contributed by atoms with Crippen LogP contribution in [0.5, 0.6) is 0 Å². The standard InChI is InChI=1S/C9H18N2O/c1-9(2,3)8(12)11-7-4-5-10-6-7/h7,10H,4-6H2,1-3H3,(H,11,12)/t7-/m0/s1. The predicted octanol–water partition coefficient (Wildman–Crippen LogP) is 0.511. The quantitative estimate of drug-likeness (QED) is 0.602. The van der Waals surface area contributed by atoms with E-state index in [1.807, 2.05) is 20.8 Å². The highest BCUT2D eigenvalue weighted by Gasteiger charge is 2.25. The number of hydrogen-bond donors (Lipinski definition) is 2. The van der Waals surface area contributed by atoms with Crippen LogP contribution < -0.4 is 10.6 Å². The second kappa shape index (κ2) is 3.44. The molecule has 0 aliphatic carbocycles. The van der Waals surface area contributed by atoms with Crippen molar-refractivity contribution in [2.75, 3.05) is 13.1 Å². The Balaban J connectivity index is 2.35. The molecule has 1 saturated heterocycles. The lowest BCUT2D eigenvalue weighted by Gasteiger charge is -2.20. The number of nitrogens with one attached hydrogen (secondary N) is 2. The van der Waals surface area contributed by atoms with E-state index in [1.165, 1.54) is 0 Å².